The maximum absolute atomic E-state index is 12.2. The summed E-state index contributed by atoms with van der Waals surface area (Å²) in [5.41, 5.74) is 0.869. The van der Waals surface area contributed by atoms with Gasteiger partial charge in [0.25, 0.3) is 0 Å². The van der Waals surface area contributed by atoms with Crippen molar-refractivity contribution in [2.75, 3.05) is 11.5 Å². The Morgan fingerprint density at radius 2 is 2.04 bits per heavy atom. The van der Waals surface area contributed by atoms with E-state index in [0.29, 0.717) is 23.0 Å². The van der Waals surface area contributed by atoms with Gasteiger partial charge in [0.1, 0.15) is 5.75 Å². The maximum Gasteiger partial charge on any atom is 0.573 e. The van der Waals surface area contributed by atoms with Crippen LogP contribution in [0.1, 0.15) is 13.8 Å². The molecule has 0 bridgehead atoms. The molecule has 1 aromatic heterocycles. The van der Waals surface area contributed by atoms with Crippen LogP contribution in [0.4, 0.5) is 18.3 Å². The fraction of sp³-hybridized carbons (Fsp3) is 0.375. The van der Waals surface area contributed by atoms with Gasteiger partial charge in [0.05, 0.1) is 17.8 Å². The Kier molecular flexibility index (Phi) is 4.46. The van der Waals surface area contributed by atoms with Crippen LogP contribution in [0.5, 0.6) is 5.75 Å². The number of carbonyl (C=O) groups is 1. The highest BCUT2D eigenvalue weighted by atomic mass is 32.1. The minimum absolute atomic E-state index is 0.290. The Morgan fingerprint density at radius 1 is 1.36 bits per heavy atom. The van der Waals surface area contributed by atoms with Crippen molar-refractivity contribution in [3.63, 3.8) is 0 Å². The number of nitrogens with zero attached hydrogens (tertiary/aromatic N) is 2. The lowest BCUT2D eigenvalue weighted by molar-refractivity contribution is -0.274. The number of halogens is 3. The van der Waals surface area contributed by atoms with Crippen LogP contribution in [-0.4, -0.2) is 36.0 Å². The lowest BCUT2D eigenvalue weighted by atomic mass is 10.1. The first-order chi connectivity index (χ1) is 11.7. The molecule has 2 heterocycles. The first-order valence-electron chi connectivity index (χ1n) is 7.37. The molecule has 1 aliphatic heterocycles. The molecule has 3 rings (SSSR count). The number of carbonyl (C=O) groups excluding carboxylic acids is 1. The van der Waals surface area contributed by atoms with E-state index in [-0.39, 0.29) is 11.3 Å². The van der Waals surface area contributed by atoms with Gasteiger partial charge in [0.15, 0.2) is 17.6 Å². The third-order valence-electron chi connectivity index (χ3n) is 3.71. The largest absolute Gasteiger partial charge is 0.573 e. The number of alkyl halides is 3. The Morgan fingerprint density at radius 3 is 2.64 bits per heavy atom. The molecule has 0 saturated carbocycles. The third-order valence-corrected chi connectivity index (χ3v) is 4.55. The molecule has 1 saturated heterocycles. The summed E-state index contributed by atoms with van der Waals surface area (Å²) in [5.74, 6) is -0.290. The van der Waals surface area contributed by atoms with Crippen molar-refractivity contribution < 1.29 is 27.4 Å². The van der Waals surface area contributed by atoms with Crippen molar-refractivity contribution in [1.82, 2.24) is 4.98 Å². The zero-order valence-electron chi connectivity index (χ0n) is 13.4. The molecule has 0 radical (unpaired) electrons. The average molecular weight is 372 g/mol. The van der Waals surface area contributed by atoms with Crippen LogP contribution in [0.3, 0.4) is 0 Å². The molecule has 25 heavy (non-hydrogen) atoms. The van der Waals surface area contributed by atoms with Crippen LogP contribution in [0.15, 0.2) is 29.6 Å². The number of aldehydes is 1. The van der Waals surface area contributed by atoms with E-state index in [1.54, 1.807) is 10.3 Å². The summed E-state index contributed by atoms with van der Waals surface area (Å²) in [6, 6.07) is 5.48. The molecule has 0 N–H and O–H groups in total. The van der Waals surface area contributed by atoms with E-state index in [2.05, 4.69) is 9.72 Å². The number of benzene rings is 1. The second kappa shape index (κ2) is 6.30. The molecule has 1 unspecified atom stereocenters. The van der Waals surface area contributed by atoms with Crippen molar-refractivity contribution in [2.45, 2.75) is 32.0 Å². The van der Waals surface area contributed by atoms with E-state index in [1.807, 2.05) is 13.8 Å². The SMILES string of the molecule is CC1(C)COC(C=O)N1c1nc(-c2ccc(OC(F)(F)F)cc2)cs1. The smallest absolute Gasteiger partial charge is 0.406 e. The van der Waals surface area contributed by atoms with Gasteiger partial charge in [-0.15, -0.1) is 24.5 Å². The first kappa shape index (κ1) is 17.7. The molecule has 134 valence electrons. The Balaban J connectivity index is 1.83. The van der Waals surface area contributed by atoms with Crippen molar-refractivity contribution in [3.05, 3.63) is 29.6 Å². The number of rotatable bonds is 4. The molecular formula is C16H15F3N2O3S. The molecule has 1 fully saturated rings. The van der Waals surface area contributed by atoms with E-state index < -0.39 is 12.6 Å². The van der Waals surface area contributed by atoms with Crippen molar-refractivity contribution in [1.29, 1.82) is 0 Å². The minimum Gasteiger partial charge on any atom is -0.406 e. The Labute approximate surface area is 146 Å². The van der Waals surface area contributed by atoms with Gasteiger partial charge >= 0.3 is 6.36 Å². The molecule has 1 aliphatic rings. The van der Waals surface area contributed by atoms with Crippen LogP contribution in [0.25, 0.3) is 11.3 Å². The van der Waals surface area contributed by atoms with Gasteiger partial charge in [0.2, 0.25) is 0 Å². The fourth-order valence-electron chi connectivity index (χ4n) is 2.58. The molecule has 2 aromatic rings. The van der Waals surface area contributed by atoms with Gasteiger partial charge in [-0.25, -0.2) is 4.98 Å². The second-order valence-corrected chi connectivity index (χ2v) is 6.94. The Hall–Kier alpha value is -2.13. The van der Waals surface area contributed by atoms with Crippen LogP contribution in [0.2, 0.25) is 0 Å². The molecule has 5 nitrogen and oxygen atoms in total. The van der Waals surface area contributed by atoms with E-state index in [1.165, 1.54) is 35.6 Å². The predicted molar refractivity (Wildman–Crippen MR) is 86.6 cm³/mol. The molecule has 0 aliphatic carbocycles. The van der Waals surface area contributed by atoms with E-state index >= 15 is 0 Å². The van der Waals surface area contributed by atoms with Gasteiger partial charge in [-0.3, -0.25) is 4.79 Å². The highest BCUT2D eigenvalue weighted by Gasteiger charge is 2.42. The van der Waals surface area contributed by atoms with Crippen LogP contribution in [0, 0.1) is 0 Å². The lowest BCUT2D eigenvalue weighted by Gasteiger charge is -2.30. The van der Waals surface area contributed by atoms with Crippen LogP contribution >= 0.6 is 11.3 Å². The number of hydrogen-bond acceptors (Lipinski definition) is 6. The summed E-state index contributed by atoms with van der Waals surface area (Å²) in [6.07, 6.45) is -4.70. The van der Waals surface area contributed by atoms with Gasteiger partial charge in [-0.2, -0.15) is 0 Å². The number of hydrogen-bond donors (Lipinski definition) is 0. The van der Waals surface area contributed by atoms with Gasteiger partial charge < -0.3 is 14.4 Å². The summed E-state index contributed by atoms with van der Waals surface area (Å²) in [4.78, 5) is 17.5. The molecule has 0 spiro atoms. The van der Waals surface area contributed by atoms with E-state index in [9.17, 15) is 18.0 Å². The normalized spacial score (nSPS) is 19.9. The van der Waals surface area contributed by atoms with Gasteiger partial charge in [-0.1, -0.05) is 0 Å². The number of thiazole rings is 1. The first-order valence-corrected chi connectivity index (χ1v) is 8.25. The molecule has 1 atom stereocenters. The molecule has 1 aromatic carbocycles. The van der Waals surface area contributed by atoms with Crippen molar-refractivity contribution in [3.8, 4) is 17.0 Å². The zero-order chi connectivity index (χ0) is 18.2. The van der Waals surface area contributed by atoms with Crippen molar-refractivity contribution >= 4 is 22.8 Å². The molecule has 9 heteroatoms. The van der Waals surface area contributed by atoms with Gasteiger partial charge in [0, 0.05) is 10.9 Å². The number of aromatic nitrogens is 1. The highest BCUT2D eigenvalue weighted by Crippen LogP contribution is 2.36. The second-order valence-electron chi connectivity index (χ2n) is 6.11. The topological polar surface area (TPSA) is 51.7 Å². The standard InChI is InChI=1S/C16H15F3N2O3S/c1-15(2)9-23-13(7-22)21(15)14-20-12(8-25-14)10-3-5-11(6-4-10)24-16(17,18)19/h3-8,13H,9H2,1-2H3. The molecular weight excluding hydrogens is 357 g/mol. The summed E-state index contributed by atoms with van der Waals surface area (Å²) in [7, 11) is 0. The quantitative estimate of drug-likeness (QED) is 0.763. The average Bonchev–Trinajstić information content (AvgIpc) is 3.10. The lowest BCUT2D eigenvalue weighted by Crippen LogP contribution is -2.45. The van der Waals surface area contributed by atoms with E-state index in [0.717, 1.165) is 6.29 Å². The van der Waals surface area contributed by atoms with Crippen molar-refractivity contribution in [2.24, 2.45) is 0 Å². The summed E-state index contributed by atoms with van der Waals surface area (Å²) in [6.45, 7) is 4.29. The van der Waals surface area contributed by atoms with Gasteiger partial charge in [-0.05, 0) is 38.1 Å². The third kappa shape index (κ3) is 3.77. The summed E-state index contributed by atoms with van der Waals surface area (Å²) < 4.78 is 45.9. The predicted octanol–water partition coefficient (Wildman–Crippen LogP) is 3.85. The number of anilines is 1. The summed E-state index contributed by atoms with van der Waals surface area (Å²) in [5, 5.41) is 2.40. The summed E-state index contributed by atoms with van der Waals surface area (Å²) >= 11 is 1.34. The van der Waals surface area contributed by atoms with E-state index in [4.69, 9.17) is 4.74 Å². The Bertz CT molecular complexity index is 759. The highest BCUT2D eigenvalue weighted by molar-refractivity contribution is 7.14. The fourth-order valence-corrected chi connectivity index (χ4v) is 3.60. The maximum atomic E-state index is 12.2. The van der Waals surface area contributed by atoms with Crippen LogP contribution < -0.4 is 9.64 Å². The number of ether oxygens (including phenoxy) is 2. The zero-order valence-corrected chi connectivity index (χ0v) is 14.2. The minimum atomic E-state index is -4.72. The molecule has 0 amide bonds. The monoisotopic (exact) mass is 372 g/mol. The van der Waals surface area contributed by atoms with Crippen LogP contribution in [-0.2, 0) is 9.53 Å².